The summed E-state index contributed by atoms with van der Waals surface area (Å²) in [4.78, 5) is 3.70. The Kier molecular flexibility index (Phi) is 6.33. The molecule has 1 rings (SSSR count). The Bertz CT molecular complexity index is 495. The first kappa shape index (κ1) is 17.9. The Morgan fingerprint density at radius 2 is 2.18 bits per heavy atom. The van der Waals surface area contributed by atoms with Gasteiger partial charge in [-0.3, -0.25) is 0 Å². The molecule has 0 aromatic carbocycles. The third-order valence-corrected chi connectivity index (χ3v) is 3.12. The van der Waals surface area contributed by atoms with Gasteiger partial charge in [0.1, 0.15) is 5.84 Å². The number of aliphatic hydroxyl groups is 1. The van der Waals surface area contributed by atoms with Crippen molar-refractivity contribution in [1.82, 2.24) is 10.6 Å². The van der Waals surface area contributed by atoms with E-state index in [-0.39, 0.29) is 23.3 Å². The summed E-state index contributed by atoms with van der Waals surface area (Å²) in [6, 6.07) is 0. The number of nitrogens with one attached hydrogen (secondary N) is 2. The molecule has 1 heterocycles. The highest BCUT2D eigenvalue weighted by Gasteiger charge is 2.36. The highest BCUT2D eigenvalue weighted by atomic mass is 19.4. The highest BCUT2D eigenvalue weighted by molar-refractivity contribution is 5.83. The van der Waals surface area contributed by atoms with Crippen LogP contribution in [0.3, 0.4) is 0 Å². The maximum Gasteiger partial charge on any atom is 0.419 e. The van der Waals surface area contributed by atoms with Crippen molar-refractivity contribution in [3.05, 3.63) is 36.0 Å². The lowest BCUT2D eigenvalue weighted by Gasteiger charge is -2.20. The van der Waals surface area contributed by atoms with Crippen molar-refractivity contribution in [2.45, 2.75) is 25.9 Å². The average Bonchev–Trinajstić information content (AvgIpc) is 2.39. The molecule has 0 radical (unpaired) electrons. The van der Waals surface area contributed by atoms with Crippen LogP contribution in [0.2, 0.25) is 0 Å². The van der Waals surface area contributed by atoms with E-state index in [2.05, 4.69) is 22.2 Å². The summed E-state index contributed by atoms with van der Waals surface area (Å²) in [6.07, 6.45) is -1.37. The van der Waals surface area contributed by atoms with Crippen LogP contribution in [-0.4, -0.2) is 30.2 Å². The van der Waals surface area contributed by atoms with E-state index in [1.807, 2.05) is 0 Å². The first-order valence-corrected chi connectivity index (χ1v) is 6.88. The number of alkyl halides is 3. The van der Waals surface area contributed by atoms with Crippen molar-refractivity contribution in [3.8, 4) is 0 Å². The molecule has 1 atom stereocenters. The SMILES string of the molecule is C=C(O)NCCCNC1=C\CC(C)/C(N)=N/C=C\1C(F)(F)F. The molecule has 5 nitrogen and oxygen atoms in total. The molecule has 0 bridgehead atoms. The van der Waals surface area contributed by atoms with Gasteiger partial charge in [0.15, 0.2) is 5.88 Å². The largest absolute Gasteiger partial charge is 0.495 e. The summed E-state index contributed by atoms with van der Waals surface area (Å²) in [5.74, 6) is -0.107. The van der Waals surface area contributed by atoms with Crippen molar-refractivity contribution in [3.63, 3.8) is 0 Å². The third kappa shape index (κ3) is 5.71. The molecular formula is C14H21F3N4O. The zero-order valence-electron chi connectivity index (χ0n) is 12.4. The van der Waals surface area contributed by atoms with Crippen LogP contribution in [0.15, 0.2) is 41.0 Å². The minimum absolute atomic E-state index is 0.00146. The molecular weight excluding hydrogens is 297 g/mol. The van der Waals surface area contributed by atoms with Gasteiger partial charge < -0.3 is 21.5 Å². The maximum atomic E-state index is 13.1. The highest BCUT2D eigenvalue weighted by Crippen LogP contribution is 2.31. The lowest BCUT2D eigenvalue weighted by molar-refractivity contribution is -0.0900. The Morgan fingerprint density at radius 1 is 1.50 bits per heavy atom. The second kappa shape index (κ2) is 7.77. The van der Waals surface area contributed by atoms with Crippen LogP contribution >= 0.6 is 0 Å². The molecule has 1 aliphatic heterocycles. The van der Waals surface area contributed by atoms with Crippen LogP contribution in [0.25, 0.3) is 0 Å². The quantitative estimate of drug-likeness (QED) is 0.447. The van der Waals surface area contributed by atoms with E-state index in [9.17, 15) is 13.2 Å². The summed E-state index contributed by atoms with van der Waals surface area (Å²) in [7, 11) is 0. The second-order valence-electron chi connectivity index (χ2n) is 5.00. The predicted molar refractivity (Wildman–Crippen MR) is 80.0 cm³/mol. The Morgan fingerprint density at radius 3 is 2.77 bits per heavy atom. The van der Waals surface area contributed by atoms with Gasteiger partial charge in [-0.25, -0.2) is 4.99 Å². The van der Waals surface area contributed by atoms with Gasteiger partial charge >= 0.3 is 6.18 Å². The van der Waals surface area contributed by atoms with Crippen molar-refractivity contribution in [2.75, 3.05) is 13.1 Å². The van der Waals surface area contributed by atoms with Crippen LogP contribution in [-0.2, 0) is 0 Å². The molecule has 0 aromatic heterocycles. The van der Waals surface area contributed by atoms with Gasteiger partial charge in [0.25, 0.3) is 0 Å². The third-order valence-electron chi connectivity index (χ3n) is 3.12. The number of hydrogen-bond acceptors (Lipinski definition) is 5. The molecule has 1 aliphatic rings. The molecule has 0 spiro atoms. The second-order valence-corrected chi connectivity index (χ2v) is 5.00. The first-order valence-electron chi connectivity index (χ1n) is 6.88. The molecule has 0 aromatic rings. The number of nitrogens with zero attached hydrogens (tertiary/aromatic N) is 1. The molecule has 8 heteroatoms. The Balaban J connectivity index is 2.77. The van der Waals surface area contributed by atoms with Gasteiger partial charge in [-0.05, 0) is 19.4 Å². The molecule has 0 saturated heterocycles. The zero-order valence-corrected chi connectivity index (χ0v) is 12.4. The fraction of sp³-hybridized carbons (Fsp3) is 0.500. The molecule has 0 amide bonds. The van der Waals surface area contributed by atoms with Gasteiger partial charge in [0.2, 0.25) is 0 Å². The van der Waals surface area contributed by atoms with E-state index >= 15 is 0 Å². The van der Waals surface area contributed by atoms with Crippen molar-refractivity contribution in [1.29, 1.82) is 0 Å². The van der Waals surface area contributed by atoms with Gasteiger partial charge in [-0.2, -0.15) is 13.2 Å². The number of halogens is 3. The van der Waals surface area contributed by atoms with Crippen LogP contribution in [0.5, 0.6) is 0 Å². The van der Waals surface area contributed by atoms with Crippen molar-refractivity contribution >= 4 is 5.84 Å². The van der Waals surface area contributed by atoms with Crippen molar-refractivity contribution < 1.29 is 18.3 Å². The number of hydrogen-bond donors (Lipinski definition) is 4. The molecule has 22 heavy (non-hydrogen) atoms. The van der Waals surface area contributed by atoms with E-state index in [0.29, 0.717) is 25.9 Å². The van der Waals surface area contributed by atoms with Crippen LogP contribution in [0, 0.1) is 5.92 Å². The molecule has 0 saturated carbocycles. The van der Waals surface area contributed by atoms with E-state index in [1.54, 1.807) is 6.92 Å². The monoisotopic (exact) mass is 318 g/mol. The van der Waals surface area contributed by atoms with Crippen LogP contribution in [0.1, 0.15) is 19.8 Å². The normalized spacial score (nSPS) is 26.4. The molecule has 5 N–H and O–H groups in total. The first-order chi connectivity index (χ1) is 10.2. The van der Waals surface area contributed by atoms with Gasteiger partial charge in [-0.1, -0.05) is 13.0 Å². The number of aliphatic hydroxyl groups excluding tert-OH is 1. The summed E-state index contributed by atoms with van der Waals surface area (Å²) < 4.78 is 39.3. The fourth-order valence-electron chi connectivity index (χ4n) is 1.80. The number of nitrogens with two attached hydrogens (primary N) is 1. The maximum absolute atomic E-state index is 13.1. The summed E-state index contributed by atoms with van der Waals surface area (Å²) in [5.41, 5.74) is 4.77. The Labute approximate surface area is 127 Å². The van der Waals surface area contributed by atoms with E-state index < -0.39 is 11.7 Å². The Hall–Kier alpha value is -2.12. The minimum atomic E-state index is -4.51. The van der Waals surface area contributed by atoms with Gasteiger partial charge in [0, 0.05) is 30.9 Å². The van der Waals surface area contributed by atoms with Gasteiger partial charge in [-0.15, -0.1) is 0 Å². The number of aliphatic imine (C=N–C) groups is 1. The summed E-state index contributed by atoms with van der Waals surface area (Å²) in [5, 5.41) is 14.2. The molecule has 1 unspecified atom stereocenters. The lowest BCUT2D eigenvalue weighted by atomic mass is 10.0. The lowest BCUT2D eigenvalue weighted by Crippen LogP contribution is -2.28. The van der Waals surface area contributed by atoms with Crippen molar-refractivity contribution in [2.24, 2.45) is 16.6 Å². The summed E-state index contributed by atoms with van der Waals surface area (Å²) in [6.45, 7) is 5.77. The number of allylic oxidation sites excluding steroid dienone is 2. The van der Waals surface area contributed by atoms with Crippen LogP contribution in [0.4, 0.5) is 13.2 Å². The fourth-order valence-corrected chi connectivity index (χ4v) is 1.80. The van der Waals surface area contributed by atoms with Gasteiger partial charge in [0.05, 0.1) is 5.57 Å². The molecule has 0 aliphatic carbocycles. The van der Waals surface area contributed by atoms with E-state index in [1.165, 1.54) is 6.08 Å². The predicted octanol–water partition coefficient (Wildman–Crippen LogP) is 2.31. The van der Waals surface area contributed by atoms with E-state index in [0.717, 1.165) is 6.20 Å². The standard InChI is InChI=1S/C14H21F3N4O/c1-9-4-5-12(20-7-3-6-19-10(2)22)11(14(15,16)17)8-21-13(9)18/h5,8-9,19-20,22H,2-4,6-7H2,1H3,(H2,18,21)/b11-8+,12-5-. The molecule has 0 fully saturated rings. The summed E-state index contributed by atoms with van der Waals surface area (Å²) >= 11 is 0. The molecule has 124 valence electrons. The topological polar surface area (TPSA) is 82.7 Å². The van der Waals surface area contributed by atoms with E-state index in [4.69, 9.17) is 10.8 Å². The number of rotatable bonds is 6. The smallest absolute Gasteiger partial charge is 0.419 e. The van der Waals surface area contributed by atoms with Crippen LogP contribution < -0.4 is 16.4 Å². The minimum Gasteiger partial charge on any atom is -0.495 e. The zero-order chi connectivity index (χ0) is 16.8. The average molecular weight is 318 g/mol. The number of amidine groups is 1.